The van der Waals surface area contributed by atoms with Gasteiger partial charge in [-0.15, -0.1) is 0 Å². The number of rotatable bonds is 4. The van der Waals surface area contributed by atoms with Gasteiger partial charge in [-0.1, -0.05) is 30.3 Å². The summed E-state index contributed by atoms with van der Waals surface area (Å²) in [5.74, 6) is -0.158. The molecule has 0 aromatic heterocycles. The van der Waals surface area contributed by atoms with Gasteiger partial charge < -0.3 is 15.4 Å². The molecule has 0 saturated carbocycles. The van der Waals surface area contributed by atoms with Crippen LogP contribution >= 0.6 is 0 Å². The summed E-state index contributed by atoms with van der Waals surface area (Å²) < 4.78 is 5.24. The van der Waals surface area contributed by atoms with E-state index < -0.39 is 17.2 Å². The van der Waals surface area contributed by atoms with E-state index in [1.54, 1.807) is 0 Å². The van der Waals surface area contributed by atoms with Gasteiger partial charge in [0.05, 0.1) is 5.54 Å². The summed E-state index contributed by atoms with van der Waals surface area (Å²) in [6, 6.07) is 14.2. The van der Waals surface area contributed by atoms with Gasteiger partial charge in [0, 0.05) is 12.1 Å². The first kappa shape index (κ1) is 19.9. The molecule has 28 heavy (non-hydrogen) atoms. The lowest BCUT2D eigenvalue weighted by Crippen LogP contribution is -2.52. The smallest absolute Gasteiger partial charge is 0.407 e. The molecule has 0 aliphatic heterocycles. The third-order valence-electron chi connectivity index (χ3n) is 4.58. The molecule has 0 atom stereocenters. The monoisotopic (exact) mass is 380 g/mol. The van der Waals surface area contributed by atoms with Gasteiger partial charge in [-0.3, -0.25) is 4.79 Å². The van der Waals surface area contributed by atoms with Crippen LogP contribution in [0.15, 0.2) is 42.5 Å². The average molecular weight is 380 g/mol. The van der Waals surface area contributed by atoms with Gasteiger partial charge in [-0.05, 0) is 75.4 Å². The summed E-state index contributed by atoms with van der Waals surface area (Å²) in [6.07, 6.45) is 0.348. The van der Waals surface area contributed by atoms with Crippen LogP contribution in [0.1, 0.15) is 56.1 Å². The summed E-state index contributed by atoms with van der Waals surface area (Å²) in [5, 5.41) is 5.71. The number of benzene rings is 2. The Bertz CT molecular complexity index is 910. The van der Waals surface area contributed by atoms with Crippen LogP contribution in [0.4, 0.5) is 4.79 Å². The van der Waals surface area contributed by atoms with Crippen LogP contribution in [0.25, 0.3) is 11.1 Å². The van der Waals surface area contributed by atoms with Crippen molar-refractivity contribution in [2.24, 2.45) is 0 Å². The summed E-state index contributed by atoms with van der Waals surface area (Å²) in [7, 11) is 0. The van der Waals surface area contributed by atoms with Gasteiger partial charge in [-0.25, -0.2) is 4.79 Å². The average Bonchev–Trinajstić information content (AvgIpc) is 2.96. The zero-order chi connectivity index (χ0) is 20.5. The molecule has 0 saturated heterocycles. The molecule has 5 heteroatoms. The summed E-state index contributed by atoms with van der Waals surface area (Å²) in [6.45, 7) is 9.43. The number of carbonyl (C=O) groups is 2. The van der Waals surface area contributed by atoms with Crippen molar-refractivity contribution >= 4 is 12.0 Å². The Kier molecular flexibility index (Phi) is 5.20. The number of hydrogen-bond donors (Lipinski definition) is 2. The molecule has 0 unspecified atom stereocenters. The van der Waals surface area contributed by atoms with Crippen LogP contribution in [0.3, 0.4) is 0 Å². The Balaban J connectivity index is 1.63. The number of fused-ring (bicyclic) bond motifs is 3. The van der Waals surface area contributed by atoms with E-state index in [0.717, 1.165) is 6.42 Å². The fourth-order valence-corrected chi connectivity index (χ4v) is 3.32. The molecule has 3 rings (SSSR count). The number of carbonyl (C=O) groups excluding carboxylic acids is 2. The number of amides is 2. The number of ether oxygens (including phenoxy) is 1. The van der Waals surface area contributed by atoms with Crippen molar-refractivity contribution in [1.29, 1.82) is 0 Å². The summed E-state index contributed by atoms with van der Waals surface area (Å²) >= 11 is 0. The zero-order valence-corrected chi connectivity index (χ0v) is 17.2. The highest BCUT2D eigenvalue weighted by atomic mass is 16.6. The van der Waals surface area contributed by atoms with Crippen LogP contribution in [0, 0.1) is 0 Å². The Morgan fingerprint density at radius 2 is 1.64 bits per heavy atom. The predicted molar refractivity (Wildman–Crippen MR) is 110 cm³/mol. The molecule has 1 aliphatic rings. The minimum Gasteiger partial charge on any atom is -0.444 e. The van der Waals surface area contributed by atoms with Crippen molar-refractivity contribution in [1.82, 2.24) is 10.6 Å². The Labute approximate surface area is 166 Å². The number of nitrogens with one attached hydrogen (secondary N) is 2. The molecular weight excluding hydrogens is 352 g/mol. The molecule has 0 fully saturated rings. The Morgan fingerprint density at radius 3 is 2.36 bits per heavy atom. The predicted octanol–water partition coefficient (Wildman–Crippen LogP) is 4.29. The summed E-state index contributed by atoms with van der Waals surface area (Å²) in [4.78, 5) is 24.6. The topological polar surface area (TPSA) is 67.4 Å². The first-order valence-corrected chi connectivity index (χ1v) is 9.55. The van der Waals surface area contributed by atoms with Gasteiger partial charge in [0.25, 0.3) is 5.91 Å². The highest BCUT2D eigenvalue weighted by Crippen LogP contribution is 2.36. The van der Waals surface area contributed by atoms with Crippen LogP contribution in [-0.4, -0.2) is 29.7 Å². The summed E-state index contributed by atoms with van der Waals surface area (Å²) in [5.41, 5.74) is 4.34. The molecule has 2 N–H and O–H groups in total. The molecule has 2 amide bonds. The van der Waals surface area contributed by atoms with Gasteiger partial charge in [-0.2, -0.15) is 0 Å². The third kappa shape index (κ3) is 4.71. The van der Waals surface area contributed by atoms with Gasteiger partial charge in [0.1, 0.15) is 5.60 Å². The quantitative estimate of drug-likeness (QED) is 0.709. The third-order valence-corrected chi connectivity index (χ3v) is 4.58. The Morgan fingerprint density at radius 1 is 0.964 bits per heavy atom. The van der Waals surface area contributed by atoms with E-state index in [-0.39, 0.29) is 12.5 Å². The van der Waals surface area contributed by atoms with E-state index in [9.17, 15) is 9.59 Å². The first-order chi connectivity index (χ1) is 13.0. The minimum atomic E-state index is -0.615. The fourth-order valence-electron chi connectivity index (χ4n) is 3.32. The second-order valence-corrected chi connectivity index (χ2v) is 8.90. The lowest BCUT2D eigenvalue weighted by atomic mass is 10.0. The SMILES string of the molecule is CC(C)(CNC(=O)OC(C)(C)C)NC(=O)c1ccc2c(c1)Cc1ccccc1-2. The molecular formula is C23H28N2O3. The molecule has 0 heterocycles. The molecule has 2 aromatic carbocycles. The van der Waals surface area contributed by atoms with Crippen LogP contribution in [0.2, 0.25) is 0 Å². The molecule has 0 bridgehead atoms. The second-order valence-electron chi connectivity index (χ2n) is 8.90. The van der Waals surface area contributed by atoms with E-state index in [1.165, 1.54) is 22.3 Å². The molecule has 2 aromatic rings. The Hall–Kier alpha value is -2.82. The van der Waals surface area contributed by atoms with Gasteiger partial charge >= 0.3 is 6.09 Å². The van der Waals surface area contributed by atoms with Crippen molar-refractivity contribution in [3.63, 3.8) is 0 Å². The highest BCUT2D eigenvalue weighted by Gasteiger charge is 2.25. The maximum absolute atomic E-state index is 12.8. The molecule has 0 spiro atoms. The van der Waals surface area contributed by atoms with Crippen molar-refractivity contribution in [2.75, 3.05) is 6.54 Å². The highest BCUT2D eigenvalue weighted by molar-refractivity contribution is 5.96. The normalized spacial score (nSPS) is 12.8. The molecule has 5 nitrogen and oxygen atoms in total. The minimum absolute atomic E-state index is 0.158. The van der Waals surface area contributed by atoms with Crippen LogP contribution in [-0.2, 0) is 11.2 Å². The van der Waals surface area contributed by atoms with Crippen molar-refractivity contribution < 1.29 is 14.3 Å². The van der Waals surface area contributed by atoms with Gasteiger partial charge in [0.2, 0.25) is 0 Å². The van der Waals surface area contributed by atoms with Crippen LogP contribution < -0.4 is 10.6 Å². The molecule has 1 aliphatic carbocycles. The van der Waals surface area contributed by atoms with Crippen molar-refractivity contribution in [2.45, 2.75) is 52.2 Å². The van der Waals surface area contributed by atoms with Crippen LogP contribution in [0.5, 0.6) is 0 Å². The molecule has 148 valence electrons. The maximum atomic E-state index is 12.8. The van der Waals surface area contributed by atoms with E-state index in [4.69, 9.17) is 4.74 Å². The zero-order valence-electron chi connectivity index (χ0n) is 17.2. The van der Waals surface area contributed by atoms with E-state index in [2.05, 4.69) is 22.8 Å². The lowest BCUT2D eigenvalue weighted by Gasteiger charge is -2.28. The maximum Gasteiger partial charge on any atom is 0.407 e. The largest absolute Gasteiger partial charge is 0.444 e. The molecule has 0 radical (unpaired) electrons. The van der Waals surface area contributed by atoms with Gasteiger partial charge in [0.15, 0.2) is 0 Å². The number of alkyl carbamates (subject to hydrolysis) is 1. The van der Waals surface area contributed by atoms with E-state index >= 15 is 0 Å². The second kappa shape index (κ2) is 7.30. The standard InChI is InChI=1S/C23H28N2O3/c1-22(2,3)28-21(27)24-14-23(4,5)25-20(26)16-10-11-19-17(13-16)12-15-8-6-7-9-18(15)19/h6-11,13H,12,14H2,1-5H3,(H,24,27)(H,25,26). The van der Waals surface area contributed by atoms with Crippen molar-refractivity contribution in [3.8, 4) is 11.1 Å². The van der Waals surface area contributed by atoms with E-state index in [1.807, 2.05) is 65.0 Å². The van der Waals surface area contributed by atoms with E-state index in [0.29, 0.717) is 5.56 Å². The first-order valence-electron chi connectivity index (χ1n) is 9.55. The lowest BCUT2D eigenvalue weighted by molar-refractivity contribution is 0.0509. The number of hydrogen-bond acceptors (Lipinski definition) is 3. The van der Waals surface area contributed by atoms with Crippen molar-refractivity contribution in [3.05, 3.63) is 59.2 Å². The fraction of sp³-hybridized carbons (Fsp3) is 0.391.